The van der Waals surface area contributed by atoms with Gasteiger partial charge < -0.3 is 0 Å². The molecule has 10 rings (SSSR count). The van der Waals surface area contributed by atoms with Crippen LogP contribution in [-0.4, -0.2) is 23.1 Å². The third-order valence-corrected chi connectivity index (χ3v) is 14.6. The number of rotatable bonds is 2. The summed E-state index contributed by atoms with van der Waals surface area (Å²) in [6.45, 7) is 0. The summed E-state index contributed by atoms with van der Waals surface area (Å²) in [6.07, 6.45) is 15.2. The van der Waals surface area contributed by atoms with Gasteiger partial charge in [-0.05, 0) is 78.3 Å². The first kappa shape index (κ1) is 32.1. The third kappa shape index (κ3) is 4.13. The number of carbonyl (C=O) groups is 4. The Morgan fingerprint density at radius 1 is 0.596 bits per heavy atom. The van der Waals surface area contributed by atoms with Gasteiger partial charge in [-0.3, -0.25) is 19.2 Å². The molecule has 0 bridgehead atoms. The van der Waals surface area contributed by atoms with E-state index < -0.39 is 57.4 Å². The zero-order valence-corrected chi connectivity index (χ0v) is 29.3. The highest BCUT2D eigenvalue weighted by atomic mass is 32.1. The van der Waals surface area contributed by atoms with Crippen LogP contribution in [0.3, 0.4) is 0 Å². The van der Waals surface area contributed by atoms with E-state index in [2.05, 4.69) is 6.08 Å². The van der Waals surface area contributed by atoms with Crippen molar-refractivity contribution in [2.75, 3.05) is 0 Å². The van der Waals surface area contributed by atoms with Crippen molar-refractivity contribution in [3.05, 3.63) is 114 Å². The molecule has 2 saturated carbocycles. The van der Waals surface area contributed by atoms with Crippen LogP contribution in [0.4, 0.5) is 17.6 Å². The van der Waals surface area contributed by atoms with Crippen molar-refractivity contribution in [1.82, 2.24) is 0 Å². The highest BCUT2D eigenvalue weighted by molar-refractivity contribution is 7.29. The molecule has 0 aliphatic heterocycles. The summed E-state index contributed by atoms with van der Waals surface area (Å²) in [5, 5.41) is 0. The first-order valence-electron chi connectivity index (χ1n) is 17.7. The second-order valence-corrected chi connectivity index (χ2v) is 17.0. The van der Waals surface area contributed by atoms with Crippen LogP contribution < -0.4 is 0 Å². The van der Waals surface area contributed by atoms with Crippen LogP contribution in [0.1, 0.15) is 111 Å². The summed E-state index contributed by atoms with van der Waals surface area (Å²) < 4.78 is 60.2. The van der Waals surface area contributed by atoms with E-state index in [0.717, 1.165) is 91.3 Å². The van der Waals surface area contributed by atoms with Crippen LogP contribution in [0.15, 0.2) is 53.6 Å². The molecule has 4 nitrogen and oxygen atoms in total. The molecule has 10 heteroatoms. The van der Waals surface area contributed by atoms with E-state index in [0.29, 0.717) is 17.0 Å². The highest BCUT2D eigenvalue weighted by Crippen LogP contribution is 2.70. The van der Waals surface area contributed by atoms with E-state index in [1.165, 1.54) is 32.9 Å². The van der Waals surface area contributed by atoms with E-state index in [1.54, 1.807) is 23.5 Å². The molecule has 6 aliphatic carbocycles. The maximum absolute atomic E-state index is 14.8. The smallest absolute Gasteiger partial charge is 0.237 e. The van der Waals surface area contributed by atoms with E-state index in [1.807, 2.05) is 6.07 Å². The van der Waals surface area contributed by atoms with E-state index in [9.17, 15) is 36.7 Å². The maximum atomic E-state index is 14.8. The lowest BCUT2D eigenvalue weighted by molar-refractivity contribution is -0.110. The molecule has 260 valence electrons. The molecule has 0 amide bonds. The van der Waals surface area contributed by atoms with Crippen LogP contribution >= 0.6 is 22.7 Å². The SMILES string of the molecule is O=C1C(=O)c2c(F)cc(F)cc2/C1=C/C1=CC2=C(c3sc4cc(/C=C5\C(=O)C(=O)c6c(F)cc(F)cc65)sc4c3C23CCCCC3)C12CCCCC2. The predicted octanol–water partition coefficient (Wildman–Crippen LogP) is 10.5. The summed E-state index contributed by atoms with van der Waals surface area (Å²) in [6, 6.07) is 5.36. The van der Waals surface area contributed by atoms with Gasteiger partial charge in [0.25, 0.3) is 0 Å². The van der Waals surface area contributed by atoms with Crippen molar-refractivity contribution in [2.24, 2.45) is 5.41 Å². The fraction of sp³-hybridized carbons (Fsp3) is 0.286. The molecule has 0 radical (unpaired) electrons. The number of fused-ring (bicyclic) bond motifs is 9. The second-order valence-electron chi connectivity index (χ2n) is 14.9. The van der Waals surface area contributed by atoms with Crippen molar-refractivity contribution in [2.45, 2.75) is 69.6 Å². The average Bonchev–Trinajstić information content (AvgIpc) is 3.90. The molecule has 2 aromatic heterocycles. The van der Waals surface area contributed by atoms with Crippen molar-refractivity contribution >= 4 is 78.0 Å². The molecule has 0 N–H and O–H groups in total. The number of benzene rings is 2. The monoisotopic (exact) mass is 736 g/mol. The first-order chi connectivity index (χ1) is 25.0. The molecule has 2 heterocycles. The summed E-state index contributed by atoms with van der Waals surface area (Å²) in [4.78, 5) is 54.0. The largest absolute Gasteiger partial charge is 0.285 e. The Labute approximate surface area is 303 Å². The Hall–Kier alpha value is -4.54. The summed E-state index contributed by atoms with van der Waals surface area (Å²) >= 11 is 3.20. The van der Waals surface area contributed by atoms with Crippen LogP contribution in [0, 0.1) is 28.7 Å². The van der Waals surface area contributed by atoms with Crippen LogP contribution in [-0.2, 0) is 15.0 Å². The van der Waals surface area contributed by atoms with Crippen LogP contribution in [0.5, 0.6) is 0 Å². The predicted molar refractivity (Wildman–Crippen MR) is 192 cm³/mol. The van der Waals surface area contributed by atoms with E-state index >= 15 is 0 Å². The number of carbonyl (C=O) groups excluding carboxylic acids is 4. The lowest BCUT2D eigenvalue weighted by atomic mass is 9.66. The van der Waals surface area contributed by atoms with Crippen LogP contribution in [0.2, 0.25) is 0 Å². The average molecular weight is 737 g/mol. The van der Waals surface area contributed by atoms with E-state index in [-0.39, 0.29) is 33.3 Å². The van der Waals surface area contributed by atoms with Gasteiger partial charge in [0, 0.05) is 59.7 Å². The first-order valence-corrected chi connectivity index (χ1v) is 19.3. The lowest BCUT2D eigenvalue weighted by Crippen LogP contribution is -2.28. The standard InChI is InChI=1S/C42H28F4O4S2/c43-20-13-23-25(35(47)37(49)31(23)28(45)15-20)11-19-12-27-33(41(19)7-3-1-4-8-41)40-34(42(27)9-5-2-6-10-42)39-30(52-40)18-22(51-39)17-26-24-14-21(44)16-29(46)32(24)38(50)36(26)48/h11-18H,1-10H2/b25-11-,26-17-. The summed E-state index contributed by atoms with van der Waals surface area (Å²) in [5.74, 6) is -7.38. The quantitative estimate of drug-likeness (QED) is 0.117. The Bertz CT molecular complexity index is 2550. The highest BCUT2D eigenvalue weighted by Gasteiger charge is 2.56. The Morgan fingerprint density at radius 2 is 1.13 bits per heavy atom. The van der Waals surface area contributed by atoms with Crippen molar-refractivity contribution < 1.29 is 36.7 Å². The zero-order chi connectivity index (χ0) is 35.8. The van der Waals surface area contributed by atoms with Gasteiger partial charge in [0.1, 0.15) is 23.3 Å². The van der Waals surface area contributed by atoms with Gasteiger partial charge in [-0.15, -0.1) is 22.7 Å². The minimum absolute atomic E-state index is 0.00770. The minimum atomic E-state index is -1.05. The summed E-state index contributed by atoms with van der Waals surface area (Å²) in [5.41, 5.74) is 3.21. The van der Waals surface area contributed by atoms with E-state index in [4.69, 9.17) is 0 Å². The molecular formula is C42H28F4O4S2. The fourth-order valence-electron chi connectivity index (χ4n) is 10.1. The topological polar surface area (TPSA) is 68.3 Å². The van der Waals surface area contributed by atoms with Gasteiger partial charge in [-0.25, -0.2) is 17.6 Å². The number of hydrogen-bond acceptors (Lipinski definition) is 6. The van der Waals surface area contributed by atoms with Crippen molar-refractivity contribution in [1.29, 1.82) is 0 Å². The summed E-state index contributed by atoms with van der Waals surface area (Å²) in [7, 11) is 0. The Morgan fingerprint density at radius 3 is 1.71 bits per heavy atom. The van der Waals surface area contributed by atoms with Crippen molar-refractivity contribution in [3.63, 3.8) is 0 Å². The van der Waals surface area contributed by atoms with Gasteiger partial charge in [-0.1, -0.05) is 44.6 Å². The van der Waals surface area contributed by atoms with Gasteiger partial charge in [0.05, 0.1) is 15.8 Å². The molecular weight excluding hydrogens is 709 g/mol. The second kappa shape index (κ2) is 11.0. The van der Waals surface area contributed by atoms with Gasteiger partial charge >= 0.3 is 0 Å². The molecule has 0 unspecified atom stereocenters. The number of allylic oxidation sites excluding steroid dienone is 7. The van der Waals surface area contributed by atoms with Gasteiger partial charge in [-0.2, -0.15) is 0 Å². The molecule has 0 saturated heterocycles. The Balaban J connectivity index is 1.14. The molecule has 6 aliphatic rings. The fourth-order valence-corrected chi connectivity index (χ4v) is 13.0. The number of halogens is 4. The lowest BCUT2D eigenvalue weighted by Gasteiger charge is -2.38. The molecule has 2 aromatic carbocycles. The third-order valence-electron chi connectivity index (χ3n) is 12.3. The number of Topliss-reactive ketones (excluding diaryl/α,β-unsaturated/α-hetero) is 4. The minimum Gasteiger partial charge on any atom is -0.285 e. The number of thiophene rings is 2. The molecule has 52 heavy (non-hydrogen) atoms. The zero-order valence-electron chi connectivity index (χ0n) is 27.7. The molecule has 4 aromatic rings. The molecule has 2 fully saturated rings. The number of ketones is 4. The maximum Gasteiger partial charge on any atom is 0.237 e. The molecule has 2 spiro atoms. The Kier molecular flexibility index (Phi) is 6.79. The number of hydrogen-bond donors (Lipinski definition) is 0. The van der Waals surface area contributed by atoms with Gasteiger partial charge in [0.15, 0.2) is 0 Å². The van der Waals surface area contributed by atoms with Crippen LogP contribution in [0.25, 0.3) is 32.2 Å². The van der Waals surface area contributed by atoms with Crippen molar-refractivity contribution in [3.8, 4) is 0 Å². The normalized spacial score (nSPS) is 22.8. The molecule has 0 atom stereocenters. The van der Waals surface area contributed by atoms with Gasteiger partial charge in [0.2, 0.25) is 23.1 Å².